The first-order valence-corrected chi connectivity index (χ1v) is 6.96. The number of halogens is 1. The Morgan fingerprint density at radius 3 is 2.50 bits per heavy atom. The van der Waals surface area contributed by atoms with Crippen LogP contribution in [0.2, 0.25) is 5.02 Å². The lowest BCUT2D eigenvalue weighted by Gasteiger charge is -2.06. The number of carbonyl (C=O) groups excluding carboxylic acids is 1. The highest BCUT2D eigenvalue weighted by molar-refractivity contribution is 7.85. The lowest BCUT2D eigenvalue weighted by atomic mass is 10.3. The average Bonchev–Trinajstić information content (AvgIpc) is 2.26. The van der Waals surface area contributed by atoms with Crippen LogP contribution < -0.4 is 10.1 Å². The smallest absolute Gasteiger partial charge is 0.266 e. The van der Waals surface area contributed by atoms with Crippen LogP contribution in [0.1, 0.15) is 0 Å². The Morgan fingerprint density at radius 1 is 1.33 bits per heavy atom. The van der Waals surface area contributed by atoms with E-state index >= 15 is 0 Å². The molecule has 1 amide bonds. The van der Waals surface area contributed by atoms with Crippen LogP contribution in [0.15, 0.2) is 24.3 Å². The molecule has 2 N–H and O–H groups in total. The Morgan fingerprint density at radius 2 is 1.94 bits per heavy atom. The van der Waals surface area contributed by atoms with Gasteiger partial charge >= 0.3 is 0 Å². The van der Waals surface area contributed by atoms with E-state index in [0.29, 0.717) is 10.8 Å². The summed E-state index contributed by atoms with van der Waals surface area (Å²) in [6.07, 6.45) is 0. The number of nitrogens with one attached hydrogen (secondary N) is 1. The molecular formula is C10H12ClNO5S. The number of carbonyl (C=O) groups is 1. The zero-order valence-corrected chi connectivity index (χ0v) is 10.9. The SMILES string of the molecule is O=C(COc1ccc(Cl)cc1)NCCS(=O)(=O)O. The first kappa shape index (κ1) is 14.7. The normalized spacial score (nSPS) is 11.0. The van der Waals surface area contributed by atoms with Crippen molar-refractivity contribution < 1.29 is 22.5 Å². The fourth-order valence-electron chi connectivity index (χ4n) is 1.05. The molecule has 1 aromatic rings. The second kappa shape index (κ2) is 6.58. The molecule has 1 rings (SSSR count). The number of benzene rings is 1. The maximum Gasteiger partial charge on any atom is 0.266 e. The molecule has 0 radical (unpaired) electrons. The van der Waals surface area contributed by atoms with Gasteiger partial charge in [-0.25, -0.2) is 0 Å². The molecule has 0 unspecified atom stereocenters. The molecule has 0 saturated heterocycles. The molecule has 8 heteroatoms. The van der Waals surface area contributed by atoms with Gasteiger partial charge in [0.15, 0.2) is 6.61 Å². The number of amides is 1. The Balaban J connectivity index is 2.27. The first-order valence-electron chi connectivity index (χ1n) is 4.97. The zero-order chi connectivity index (χ0) is 13.6. The molecule has 0 aromatic heterocycles. The van der Waals surface area contributed by atoms with Crippen LogP contribution in [0.3, 0.4) is 0 Å². The van der Waals surface area contributed by atoms with E-state index in [1.165, 1.54) is 0 Å². The van der Waals surface area contributed by atoms with Crippen molar-refractivity contribution >= 4 is 27.6 Å². The van der Waals surface area contributed by atoms with Crippen LogP contribution in [0.5, 0.6) is 5.75 Å². The van der Waals surface area contributed by atoms with Gasteiger partial charge in [-0.2, -0.15) is 8.42 Å². The summed E-state index contributed by atoms with van der Waals surface area (Å²) in [5, 5.41) is 2.85. The molecule has 0 fully saturated rings. The van der Waals surface area contributed by atoms with Crippen LogP contribution >= 0.6 is 11.6 Å². The van der Waals surface area contributed by atoms with Gasteiger partial charge in [0.25, 0.3) is 16.0 Å². The van der Waals surface area contributed by atoms with Gasteiger partial charge in [0.05, 0.1) is 5.75 Å². The summed E-state index contributed by atoms with van der Waals surface area (Å²) in [5.41, 5.74) is 0. The van der Waals surface area contributed by atoms with Crippen LogP contribution in [0.25, 0.3) is 0 Å². The molecule has 1 aromatic carbocycles. The van der Waals surface area contributed by atoms with Gasteiger partial charge in [0.2, 0.25) is 0 Å². The van der Waals surface area contributed by atoms with Gasteiger partial charge < -0.3 is 10.1 Å². The van der Waals surface area contributed by atoms with E-state index in [4.69, 9.17) is 20.9 Å². The second-order valence-electron chi connectivity index (χ2n) is 3.38. The molecule has 0 aliphatic heterocycles. The number of rotatable bonds is 6. The summed E-state index contributed by atoms with van der Waals surface area (Å²) in [4.78, 5) is 11.2. The maximum atomic E-state index is 11.2. The van der Waals surface area contributed by atoms with Crippen molar-refractivity contribution in [3.63, 3.8) is 0 Å². The fourth-order valence-corrected chi connectivity index (χ4v) is 1.54. The van der Waals surface area contributed by atoms with E-state index in [2.05, 4.69) is 5.32 Å². The Labute approximate surface area is 110 Å². The van der Waals surface area contributed by atoms with Gasteiger partial charge in [-0.05, 0) is 24.3 Å². The van der Waals surface area contributed by atoms with Crippen molar-refractivity contribution in [2.24, 2.45) is 0 Å². The largest absolute Gasteiger partial charge is 0.484 e. The molecule has 100 valence electrons. The predicted molar refractivity (Wildman–Crippen MR) is 66.4 cm³/mol. The lowest BCUT2D eigenvalue weighted by molar-refractivity contribution is -0.122. The highest BCUT2D eigenvalue weighted by atomic mass is 35.5. The molecular weight excluding hydrogens is 282 g/mol. The monoisotopic (exact) mass is 293 g/mol. The molecule has 0 atom stereocenters. The Kier molecular flexibility index (Phi) is 5.39. The van der Waals surface area contributed by atoms with Crippen molar-refractivity contribution in [1.29, 1.82) is 0 Å². The number of hydrogen-bond acceptors (Lipinski definition) is 4. The average molecular weight is 294 g/mol. The van der Waals surface area contributed by atoms with Crippen molar-refractivity contribution in [3.8, 4) is 5.75 Å². The molecule has 0 saturated carbocycles. The van der Waals surface area contributed by atoms with E-state index in [-0.39, 0.29) is 13.2 Å². The van der Waals surface area contributed by atoms with E-state index in [1.807, 2.05) is 0 Å². The van der Waals surface area contributed by atoms with E-state index in [9.17, 15) is 13.2 Å². The van der Waals surface area contributed by atoms with E-state index in [1.54, 1.807) is 24.3 Å². The minimum Gasteiger partial charge on any atom is -0.484 e. The van der Waals surface area contributed by atoms with Crippen molar-refractivity contribution in [1.82, 2.24) is 5.32 Å². The number of hydrogen-bond donors (Lipinski definition) is 2. The van der Waals surface area contributed by atoms with Crippen molar-refractivity contribution in [2.45, 2.75) is 0 Å². The third-order valence-corrected chi connectivity index (χ3v) is 2.84. The quantitative estimate of drug-likeness (QED) is 0.754. The molecule has 0 spiro atoms. The first-order chi connectivity index (χ1) is 8.37. The lowest BCUT2D eigenvalue weighted by Crippen LogP contribution is -2.32. The summed E-state index contributed by atoms with van der Waals surface area (Å²) in [6.45, 7) is -0.408. The molecule has 6 nitrogen and oxygen atoms in total. The van der Waals surface area contributed by atoms with Crippen molar-refractivity contribution in [2.75, 3.05) is 18.9 Å². The third-order valence-electron chi connectivity index (χ3n) is 1.87. The third kappa shape index (κ3) is 6.43. The molecule has 0 bridgehead atoms. The van der Waals surface area contributed by atoms with Crippen LogP contribution in [-0.2, 0) is 14.9 Å². The van der Waals surface area contributed by atoms with Gasteiger partial charge in [-0.3, -0.25) is 9.35 Å². The minimum absolute atomic E-state index is 0.165. The van der Waals surface area contributed by atoms with E-state index in [0.717, 1.165) is 0 Å². The highest BCUT2D eigenvalue weighted by Gasteiger charge is 2.06. The zero-order valence-electron chi connectivity index (χ0n) is 9.30. The molecule has 0 aliphatic rings. The fraction of sp³-hybridized carbons (Fsp3) is 0.300. The van der Waals surface area contributed by atoms with Gasteiger partial charge in [-0.15, -0.1) is 0 Å². The summed E-state index contributed by atoms with van der Waals surface area (Å²) in [7, 11) is -4.06. The van der Waals surface area contributed by atoms with Gasteiger partial charge in [-0.1, -0.05) is 11.6 Å². The van der Waals surface area contributed by atoms with E-state index < -0.39 is 21.8 Å². The predicted octanol–water partition coefficient (Wildman–Crippen LogP) is 0.723. The molecule has 0 aliphatic carbocycles. The molecule has 0 heterocycles. The van der Waals surface area contributed by atoms with Crippen molar-refractivity contribution in [3.05, 3.63) is 29.3 Å². The van der Waals surface area contributed by atoms with Gasteiger partial charge in [0.1, 0.15) is 5.75 Å². The highest BCUT2D eigenvalue weighted by Crippen LogP contribution is 2.15. The Bertz CT molecular complexity index is 500. The van der Waals surface area contributed by atoms with Crippen LogP contribution in [0, 0.1) is 0 Å². The molecule has 18 heavy (non-hydrogen) atoms. The summed E-state index contributed by atoms with van der Waals surface area (Å²) in [6, 6.07) is 6.45. The second-order valence-corrected chi connectivity index (χ2v) is 5.39. The topological polar surface area (TPSA) is 92.7 Å². The summed E-state index contributed by atoms with van der Waals surface area (Å²) < 4.78 is 34.3. The summed E-state index contributed by atoms with van der Waals surface area (Å²) in [5.74, 6) is -0.530. The maximum absolute atomic E-state index is 11.2. The van der Waals surface area contributed by atoms with Crippen LogP contribution in [-0.4, -0.2) is 37.8 Å². The van der Waals surface area contributed by atoms with Crippen LogP contribution in [0.4, 0.5) is 0 Å². The Hall–Kier alpha value is -1.31. The number of ether oxygens (including phenoxy) is 1. The minimum atomic E-state index is -4.06. The summed E-state index contributed by atoms with van der Waals surface area (Å²) >= 11 is 5.67. The standard InChI is InChI=1S/C10H12ClNO5S/c11-8-1-3-9(4-2-8)17-7-10(13)12-5-6-18(14,15)16/h1-4H,5-7H2,(H,12,13)(H,14,15,16). The van der Waals surface area contributed by atoms with Gasteiger partial charge in [0, 0.05) is 11.6 Å².